The number of hydrogen-bond donors (Lipinski definition) is 1. The van der Waals surface area contributed by atoms with E-state index in [4.69, 9.17) is 15.7 Å². The van der Waals surface area contributed by atoms with Crippen molar-refractivity contribution < 1.29 is 4.74 Å². The van der Waals surface area contributed by atoms with Gasteiger partial charge in [0, 0.05) is 5.69 Å². The largest absolute Gasteiger partial charge is 0.457 e. The molecule has 3 heteroatoms. The fourth-order valence-electron chi connectivity index (χ4n) is 2.04. The van der Waals surface area contributed by atoms with Gasteiger partial charge in [-0.05, 0) is 46.9 Å². The van der Waals surface area contributed by atoms with Crippen molar-refractivity contribution in [2.24, 2.45) is 0 Å². The maximum Gasteiger partial charge on any atom is 0.127 e. The Morgan fingerprint density at radius 2 is 1.67 bits per heavy atom. The van der Waals surface area contributed by atoms with Gasteiger partial charge in [-0.2, -0.15) is 5.26 Å². The first kappa shape index (κ1) is 14.9. The van der Waals surface area contributed by atoms with Crippen LogP contribution in [0.5, 0.6) is 11.5 Å². The molecule has 0 radical (unpaired) electrons. The van der Waals surface area contributed by atoms with Gasteiger partial charge < -0.3 is 10.5 Å². The van der Waals surface area contributed by atoms with Crippen LogP contribution in [0.2, 0.25) is 0 Å². The second-order valence-corrected chi connectivity index (χ2v) is 6.07. The summed E-state index contributed by atoms with van der Waals surface area (Å²) in [5, 5.41) is 8.79. The second-order valence-electron chi connectivity index (χ2n) is 6.07. The third-order valence-electron chi connectivity index (χ3n) is 3.34. The summed E-state index contributed by atoms with van der Waals surface area (Å²) in [5.41, 5.74) is 8.63. The van der Waals surface area contributed by atoms with Crippen molar-refractivity contribution in [3.05, 3.63) is 53.6 Å². The van der Waals surface area contributed by atoms with Crippen LogP contribution in [0.25, 0.3) is 0 Å². The van der Waals surface area contributed by atoms with Gasteiger partial charge in [-0.25, -0.2) is 0 Å². The van der Waals surface area contributed by atoms with Crippen molar-refractivity contribution >= 4 is 5.69 Å². The monoisotopic (exact) mass is 280 g/mol. The van der Waals surface area contributed by atoms with Gasteiger partial charge in [0.25, 0.3) is 0 Å². The molecule has 108 valence electrons. The summed E-state index contributed by atoms with van der Waals surface area (Å²) in [6, 6.07) is 15.6. The van der Waals surface area contributed by atoms with Gasteiger partial charge in [0.15, 0.2) is 0 Å². The van der Waals surface area contributed by atoms with Crippen LogP contribution in [0.4, 0.5) is 5.69 Å². The van der Waals surface area contributed by atoms with E-state index in [0.717, 1.165) is 11.3 Å². The Kier molecular flexibility index (Phi) is 4.18. The molecule has 2 rings (SSSR count). The van der Waals surface area contributed by atoms with Crippen LogP contribution in [0.15, 0.2) is 42.5 Å². The van der Waals surface area contributed by atoms with Gasteiger partial charge in [0.2, 0.25) is 0 Å². The average molecular weight is 280 g/mol. The zero-order valence-corrected chi connectivity index (χ0v) is 12.7. The van der Waals surface area contributed by atoms with E-state index in [1.165, 1.54) is 5.56 Å². The highest BCUT2D eigenvalue weighted by atomic mass is 16.5. The zero-order chi connectivity index (χ0) is 15.5. The molecule has 0 fully saturated rings. The maximum atomic E-state index is 8.79. The third kappa shape index (κ3) is 3.76. The van der Waals surface area contributed by atoms with Crippen LogP contribution in [0.1, 0.15) is 31.9 Å². The molecule has 0 saturated heterocycles. The molecule has 0 amide bonds. The van der Waals surface area contributed by atoms with Crippen LogP contribution in [-0.4, -0.2) is 0 Å². The smallest absolute Gasteiger partial charge is 0.127 e. The molecule has 0 aliphatic carbocycles. The zero-order valence-electron chi connectivity index (χ0n) is 12.7. The first-order valence-electron chi connectivity index (χ1n) is 6.94. The molecule has 0 heterocycles. The molecule has 2 N–H and O–H groups in total. The summed E-state index contributed by atoms with van der Waals surface area (Å²) < 4.78 is 5.82. The molecule has 0 unspecified atom stereocenters. The Morgan fingerprint density at radius 3 is 2.24 bits per heavy atom. The standard InChI is InChI=1S/C18H20N2O/c1-18(2,3)14-4-6-15(7-5-14)21-16-8-9-17(20)13(12-16)10-11-19/h4-9,12H,10,20H2,1-3H3. The highest BCUT2D eigenvalue weighted by Gasteiger charge is 2.13. The third-order valence-corrected chi connectivity index (χ3v) is 3.34. The van der Waals surface area contributed by atoms with E-state index < -0.39 is 0 Å². The van der Waals surface area contributed by atoms with Gasteiger partial charge in [0.05, 0.1) is 12.5 Å². The Hall–Kier alpha value is -2.47. The number of benzene rings is 2. The SMILES string of the molecule is CC(C)(C)c1ccc(Oc2ccc(N)c(CC#N)c2)cc1. The number of ether oxygens (including phenoxy) is 1. The minimum atomic E-state index is 0.125. The summed E-state index contributed by atoms with van der Waals surface area (Å²) in [5.74, 6) is 1.47. The van der Waals surface area contributed by atoms with Crippen LogP contribution in [0, 0.1) is 11.3 Å². The van der Waals surface area contributed by atoms with Gasteiger partial charge >= 0.3 is 0 Å². The second kappa shape index (κ2) is 5.88. The summed E-state index contributed by atoms with van der Waals surface area (Å²) in [7, 11) is 0. The molecule has 0 bridgehead atoms. The van der Waals surface area contributed by atoms with Gasteiger partial charge in [-0.15, -0.1) is 0 Å². The molecular weight excluding hydrogens is 260 g/mol. The maximum absolute atomic E-state index is 8.79. The van der Waals surface area contributed by atoms with E-state index in [-0.39, 0.29) is 11.8 Å². The van der Waals surface area contributed by atoms with Gasteiger partial charge in [-0.1, -0.05) is 32.9 Å². The van der Waals surface area contributed by atoms with E-state index in [2.05, 4.69) is 39.0 Å². The van der Waals surface area contributed by atoms with Crippen LogP contribution in [-0.2, 0) is 11.8 Å². The Bertz CT molecular complexity index is 661. The molecule has 0 saturated carbocycles. The predicted octanol–water partition coefficient (Wildman–Crippen LogP) is 4.42. The summed E-state index contributed by atoms with van der Waals surface area (Å²) in [6.45, 7) is 6.53. The lowest BCUT2D eigenvalue weighted by Gasteiger charge is -2.19. The molecule has 21 heavy (non-hydrogen) atoms. The van der Waals surface area contributed by atoms with E-state index >= 15 is 0 Å². The Morgan fingerprint density at radius 1 is 1.05 bits per heavy atom. The van der Waals surface area contributed by atoms with Crippen molar-refractivity contribution in [3.8, 4) is 17.6 Å². The van der Waals surface area contributed by atoms with Crippen LogP contribution < -0.4 is 10.5 Å². The fourth-order valence-corrected chi connectivity index (χ4v) is 2.04. The van der Waals surface area contributed by atoms with Crippen molar-refractivity contribution in [2.75, 3.05) is 5.73 Å². The molecule has 3 nitrogen and oxygen atoms in total. The molecule has 2 aromatic carbocycles. The molecular formula is C18H20N2O. The lowest BCUT2D eigenvalue weighted by atomic mass is 9.87. The van der Waals surface area contributed by atoms with Gasteiger partial charge in [0.1, 0.15) is 11.5 Å². The topological polar surface area (TPSA) is 59.0 Å². The van der Waals surface area contributed by atoms with Crippen LogP contribution >= 0.6 is 0 Å². The summed E-state index contributed by atoms with van der Waals surface area (Å²) >= 11 is 0. The quantitative estimate of drug-likeness (QED) is 0.846. The predicted molar refractivity (Wildman–Crippen MR) is 85.4 cm³/mol. The fraction of sp³-hybridized carbons (Fsp3) is 0.278. The van der Waals surface area contributed by atoms with E-state index in [1.54, 1.807) is 6.07 Å². The lowest BCUT2D eigenvalue weighted by molar-refractivity contribution is 0.481. The molecule has 0 aromatic heterocycles. The number of nitrogen functional groups attached to an aromatic ring is 1. The van der Waals surface area contributed by atoms with E-state index in [1.807, 2.05) is 24.3 Å². The van der Waals surface area contributed by atoms with E-state index in [0.29, 0.717) is 11.4 Å². The minimum absolute atomic E-state index is 0.125. The number of rotatable bonds is 3. The number of anilines is 1. The molecule has 0 aliphatic rings. The molecule has 0 atom stereocenters. The van der Waals surface area contributed by atoms with Crippen molar-refractivity contribution in [1.29, 1.82) is 5.26 Å². The lowest BCUT2D eigenvalue weighted by Crippen LogP contribution is -2.10. The number of nitriles is 1. The summed E-state index contributed by atoms with van der Waals surface area (Å²) in [4.78, 5) is 0. The van der Waals surface area contributed by atoms with Crippen molar-refractivity contribution in [1.82, 2.24) is 0 Å². The highest BCUT2D eigenvalue weighted by molar-refractivity contribution is 5.52. The summed E-state index contributed by atoms with van der Waals surface area (Å²) in [6.07, 6.45) is 0.284. The normalized spacial score (nSPS) is 11.0. The Balaban J connectivity index is 2.19. The molecule has 0 aliphatic heterocycles. The number of nitrogens with two attached hydrogens (primary N) is 1. The highest BCUT2D eigenvalue weighted by Crippen LogP contribution is 2.28. The van der Waals surface area contributed by atoms with Crippen molar-refractivity contribution in [2.45, 2.75) is 32.6 Å². The number of hydrogen-bond acceptors (Lipinski definition) is 3. The minimum Gasteiger partial charge on any atom is -0.457 e. The molecule has 2 aromatic rings. The average Bonchev–Trinajstić information content (AvgIpc) is 2.42. The van der Waals surface area contributed by atoms with Crippen molar-refractivity contribution in [3.63, 3.8) is 0 Å². The first-order valence-corrected chi connectivity index (χ1v) is 6.94. The molecule has 0 spiro atoms. The van der Waals surface area contributed by atoms with E-state index in [9.17, 15) is 0 Å². The Labute approximate surface area is 126 Å². The first-order chi connectivity index (χ1) is 9.90. The van der Waals surface area contributed by atoms with Crippen LogP contribution in [0.3, 0.4) is 0 Å². The number of nitrogens with zero attached hydrogens (tertiary/aromatic N) is 1. The van der Waals surface area contributed by atoms with Gasteiger partial charge in [-0.3, -0.25) is 0 Å².